The summed E-state index contributed by atoms with van der Waals surface area (Å²) in [7, 11) is 0. The van der Waals surface area contributed by atoms with Gasteiger partial charge in [0.15, 0.2) is 11.5 Å². The third-order valence-corrected chi connectivity index (χ3v) is 6.09. The van der Waals surface area contributed by atoms with Crippen LogP contribution in [-0.4, -0.2) is 56.9 Å². The minimum absolute atomic E-state index is 0.682. The summed E-state index contributed by atoms with van der Waals surface area (Å²) in [6.45, 7) is 11.2. The molecule has 8 nitrogen and oxygen atoms in total. The largest absolute Gasteiger partial charge is 0.378 e. The Morgan fingerprint density at radius 3 is 2.58 bits per heavy atom. The molecule has 4 heterocycles. The predicted molar refractivity (Wildman–Crippen MR) is 157 cm³/mol. The topological polar surface area (TPSA) is 72.8 Å². The molecule has 0 saturated carbocycles. The third kappa shape index (κ3) is 6.44. The van der Waals surface area contributed by atoms with Crippen molar-refractivity contribution in [1.82, 2.24) is 24.4 Å². The Balaban J connectivity index is 1.77. The second kappa shape index (κ2) is 13.5. The first kappa shape index (κ1) is 27.0. The van der Waals surface area contributed by atoms with Crippen molar-refractivity contribution in [3.05, 3.63) is 84.5 Å². The highest BCUT2D eigenvalue weighted by molar-refractivity contribution is 6.09. The Morgan fingerprint density at radius 2 is 1.84 bits per heavy atom. The molecule has 1 saturated heterocycles. The fourth-order valence-corrected chi connectivity index (χ4v) is 4.12. The molecule has 8 heteroatoms. The number of aliphatic imine (C=N–C) groups is 1. The van der Waals surface area contributed by atoms with Crippen molar-refractivity contribution in [2.24, 2.45) is 4.99 Å². The highest BCUT2D eigenvalue weighted by atomic mass is 16.5. The van der Waals surface area contributed by atoms with E-state index in [0.717, 1.165) is 65.7 Å². The van der Waals surface area contributed by atoms with Crippen molar-refractivity contribution in [1.29, 1.82) is 0 Å². The van der Waals surface area contributed by atoms with E-state index in [2.05, 4.69) is 54.1 Å². The lowest BCUT2D eigenvalue weighted by Gasteiger charge is -2.29. The van der Waals surface area contributed by atoms with E-state index in [0.29, 0.717) is 13.2 Å². The summed E-state index contributed by atoms with van der Waals surface area (Å²) in [5, 5.41) is 9.80. The summed E-state index contributed by atoms with van der Waals surface area (Å²) in [6.07, 6.45) is 22.0. The van der Waals surface area contributed by atoms with Crippen molar-refractivity contribution in [2.75, 3.05) is 31.2 Å². The van der Waals surface area contributed by atoms with Crippen LogP contribution in [0.25, 0.3) is 22.6 Å². The second-order valence-electron chi connectivity index (χ2n) is 8.79. The van der Waals surface area contributed by atoms with Gasteiger partial charge >= 0.3 is 0 Å². The molecule has 1 fully saturated rings. The number of ether oxygens (including phenoxy) is 1. The first-order valence-electron chi connectivity index (χ1n) is 13.3. The highest BCUT2D eigenvalue weighted by Crippen LogP contribution is 2.25. The maximum Gasteiger partial charge on any atom is 0.160 e. The second-order valence-corrected chi connectivity index (χ2v) is 8.79. The lowest BCUT2D eigenvalue weighted by Crippen LogP contribution is -2.37. The molecule has 0 N–H and O–H groups in total. The Labute approximate surface area is 225 Å². The molecule has 3 aromatic heterocycles. The molecule has 1 aliphatic heterocycles. The molecule has 1 aliphatic rings. The summed E-state index contributed by atoms with van der Waals surface area (Å²) in [4.78, 5) is 11.6. The molecule has 0 aliphatic carbocycles. The Morgan fingerprint density at radius 1 is 1.03 bits per heavy atom. The van der Waals surface area contributed by atoms with Gasteiger partial charge in [0.25, 0.3) is 0 Å². The zero-order valence-electron chi connectivity index (χ0n) is 22.8. The number of allylic oxidation sites excluding steroid dienone is 9. The van der Waals surface area contributed by atoms with Gasteiger partial charge in [0, 0.05) is 55.0 Å². The van der Waals surface area contributed by atoms with Gasteiger partial charge < -0.3 is 9.64 Å². The molecule has 0 bridgehead atoms. The minimum Gasteiger partial charge on any atom is -0.378 e. The number of rotatable bonds is 10. The van der Waals surface area contributed by atoms with Crippen molar-refractivity contribution in [2.45, 2.75) is 40.5 Å². The fraction of sp³-hybridized carbons (Fsp3) is 0.333. The van der Waals surface area contributed by atoms with Gasteiger partial charge in [0.1, 0.15) is 5.82 Å². The first-order chi connectivity index (χ1) is 18.7. The predicted octanol–water partition coefficient (Wildman–Crippen LogP) is 6.08. The van der Waals surface area contributed by atoms with Crippen LogP contribution < -0.4 is 4.90 Å². The van der Waals surface area contributed by atoms with Gasteiger partial charge in [0.2, 0.25) is 0 Å². The van der Waals surface area contributed by atoms with Gasteiger partial charge in [-0.05, 0) is 32.8 Å². The SMILES string of the molecule is C\C=C/C(=C\C=C\CC)c1cc2nc(-n3ccc(C(=C/C)/C=N/C=C\CC)n3)cc(N3CCOCC3)n2n1. The summed E-state index contributed by atoms with van der Waals surface area (Å²) >= 11 is 0. The molecule has 0 radical (unpaired) electrons. The molecule has 38 heavy (non-hydrogen) atoms. The summed E-state index contributed by atoms with van der Waals surface area (Å²) < 4.78 is 9.36. The molecular weight excluding hydrogens is 474 g/mol. The van der Waals surface area contributed by atoms with Crippen LogP contribution in [0, 0.1) is 0 Å². The van der Waals surface area contributed by atoms with E-state index >= 15 is 0 Å². The third-order valence-electron chi connectivity index (χ3n) is 6.09. The monoisotopic (exact) mass is 511 g/mol. The quantitative estimate of drug-likeness (QED) is 0.244. The molecule has 0 spiro atoms. The molecule has 4 rings (SSSR count). The first-order valence-corrected chi connectivity index (χ1v) is 13.3. The summed E-state index contributed by atoms with van der Waals surface area (Å²) in [5.74, 6) is 1.70. The van der Waals surface area contributed by atoms with Crippen molar-refractivity contribution < 1.29 is 4.74 Å². The Kier molecular flexibility index (Phi) is 9.59. The van der Waals surface area contributed by atoms with Crippen LogP contribution >= 0.6 is 0 Å². The zero-order valence-corrected chi connectivity index (χ0v) is 22.8. The summed E-state index contributed by atoms with van der Waals surface area (Å²) in [5.41, 5.74) is 4.46. The normalized spacial score (nSPS) is 15.9. The van der Waals surface area contributed by atoms with E-state index in [1.807, 2.05) is 72.0 Å². The number of aromatic nitrogens is 5. The zero-order chi connectivity index (χ0) is 26.7. The van der Waals surface area contributed by atoms with Crippen LogP contribution in [0.15, 0.2) is 78.1 Å². The fourth-order valence-electron chi connectivity index (χ4n) is 4.12. The molecule has 0 atom stereocenters. The van der Waals surface area contributed by atoms with E-state index < -0.39 is 0 Å². The van der Waals surface area contributed by atoms with E-state index in [-0.39, 0.29) is 0 Å². The maximum atomic E-state index is 5.61. The number of anilines is 1. The van der Waals surface area contributed by atoms with Crippen LogP contribution in [0.3, 0.4) is 0 Å². The van der Waals surface area contributed by atoms with Gasteiger partial charge in [-0.3, -0.25) is 4.99 Å². The smallest absolute Gasteiger partial charge is 0.160 e. The van der Waals surface area contributed by atoms with E-state index in [9.17, 15) is 0 Å². The average molecular weight is 512 g/mol. The number of fused-ring (bicyclic) bond motifs is 1. The number of hydrogen-bond acceptors (Lipinski definition) is 6. The summed E-state index contributed by atoms with van der Waals surface area (Å²) in [6, 6.07) is 6.07. The lowest BCUT2D eigenvalue weighted by atomic mass is 10.1. The molecule has 3 aromatic rings. The Hall–Kier alpha value is -4.04. The Bertz CT molecular complexity index is 1400. The van der Waals surface area contributed by atoms with Crippen LogP contribution in [-0.2, 0) is 4.74 Å². The van der Waals surface area contributed by atoms with Crippen LogP contribution in [0.4, 0.5) is 5.82 Å². The van der Waals surface area contributed by atoms with E-state index in [4.69, 9.17) is 19.9 Å². The number of morpholine rings is 1. The van der Waals surface area contributed by atoms with Gasteiger partial charge in [0.05, 0.1) is 24.6 Å². The van der Waals surface area contributed by atoms with Crippen LogP contribution in [0.1, 0.15) is 51.9 Å². The van der Waals surface area contributed by atoms with Gasteiger partial charge in [-0.2, -0.15) is 14.7 Å². The number of hydrogen-bond donors (Lipinski definition) is 0. The standard InChI is InChI=1S/C30H37N7O/c1-5-9-11-13-25(12-7-3)27-21-29-32-28(22-30(37(29)34-27)35-17-19-38-20-18-35)36-16-14-26(33-36)24(8-4)23-31-15-10-6-2/h7-16,21-23H,5-6,17-20H2,1-4H3/b11-9+,12-7-,15-10-,24-8+,25-13+,31-23+. The van der Waals surface area contributed by atoms with Gasteiger partial charge in [-0.15, -0.1) is 0 Å². The maximum absolute atomic E-state index is 5.61. The van der Waals surface area contributed by atoms with Crippen LogP contribution in [0.5, 0.6) is 0 Å². The molecule has 198 valence electrons. The van der Waals surface area contributed by atoms with Crippen molar-refractivity contribution in [3.8, 4) is 5.82 Å². The van der Waals surface area contributed by atoms with Gasteiger partial charge in [-0.25, -0.2) is 9.67 Å². The van der Waals surface area contributed by atoms with Gasteiger partial charge in [-0.1, -0.05) is 56.4 Å². The highest BCUT2D eigenvalue weighted by Gasteiger charge is 2.19. The van der Waals surface area contributed by atoms with Crippen molar-refractivity contribution in [3.63, 3.8) is 0 Å². The minimum atomic E-state index is 0.682. The van der Waals surface area contributed by atoms with E-state index in [1.54, 1.807) is 0 Å². The van der Waals surface area contributed by atoms with E-state index in [1.165, 1.54) is 0 Å². The molecule has 0 unspecified atom stereocenters. The number of nitrogens with zero attached hydrogens (tertiary/aromatic N) is 7. The lowest BCUT2D eigenvalue weighted by molar-refractivity contribution is 0.122. The molecular formula is C30H37N7O. The average Bonchev–Trinajstić information content (AvgIpc) is 3.60. The molecule has 0 aromatic carbocycles. The van der Waals surface area contributed by atoms with Crippen molar-refractivity contribution >= 4 is 28.8 Å². The van der Waals surface area contributed by atoms with Crippen LogP contribution in [0.2, 0.25) is 0 Å². The molecule has 0 amide bonds.